The predicted octanol–water partition coefficient (Wildman–Crippen LogP) is 2.53. The molecular formula is C13H14N2O. The van der Waals surface area contributed by atoms with Crippen LogP contribution < -0.4 is 0 Å². The van der Waals surface area contributed by atoms with Crippen LogP contribution in [0.1, 0.15) is 12.8 Å². The summed E-state index contributed by atoms with van der Waals surface area (Å²) in [6.45, 7) is 0.836. The van der Waals surface area contributed by atoms with Crippen molar-refractivity contribution in [2.24, 2.45) is 0 Å². The lowest BCUT2D eigenvalue weighted by atomic mass is 10.1. The van der Waals surface area contributed by atoms with Crippen LogP contribution >= 0.6 is 0 Å². The second-order valence-corrected chi connectivity index (χ2v) is 3.65. The van der Waals surface area contributed by atoms with Crippen molar-refractivity contribution >= 4 is 6.29 Å². The van der Waals surface area contributed by atoms with E-state index in [0.29, 0.717) is 6.42 Å². The number of benzene rings is 1. The minimum Gasteiger partial charge on any atom is -0.331 e. The molecule has 0 aliphatic rings. The van der Waals surface area contributed by atoms with Crippen molar-refractivity contribution in [2.45, 2.75) is 19.4 Å². The van der Waals surface area contributed by atoms with Gasteiger partial charge in [-0.25, -0.2) is 4.98 Å². The Morgan fingerprint density at radius 2 is 2.06 bits per heavy atom. The zero-order valence-electron chi connectivity index (χ0n) is 9.04. The topological polar surface area (TPSA) is 34.9 Å². The molecule has 0 amide bonds. The van der Waals surface area contributed by atoms with Gasteiger partial charge in [0, 0.05) is 13.0 Å². The van der Waals surface area contributed by atoms with E-state index in [2.05, 4.69) is 21.7 Å². The number of unbranched alkanes of at least 4 members (excludes halogenated alkanes) is 1. The first-order chi connectivity index (χ1) is 7.92. The molecule has 2 aromatic rings. The van der Waals surface area contributed by atoms with Crippen LogP contribution in [0.5, 0.6) is 0 Å². The van der Waals surface area contributed by atoms with Gasteiger partial charge in [0.2, 0.25) is 0 Å². The largest absolute Gasteiger partial charge is 0.331 e. The quantitative estimate of drug-likeness (QED) is 0.566. The molecule has 1 aromatic heterocycles. The molecule has 3 heteroatoms. The first-order valence-electron chi connectivity index (χ1n) is 5.41. The molecule has 1 aromatic carbocycles. The molecule has 0 atom stereocenters. The summed E-state index contributed by atoms with van der Waals surface area (Å²) < 4.78 is 2.08. The van der Waals surface area contributed by atoms with E-state index in [0.717, 1.165) is 30.5 Å². The first-order valence-corrected chi connectivity index (χ1v) is 5.41. The van der Waals surface area contributed by atoms with Crippen molar-refractivity contribution in [3.63, 3.8) is 0 Å². The van der Waals surface area contributed by atoms with E-state index >= 15 is 0 Å². The normalized spacial score (nSPS) is 10.2. The van der Waals surface area contributed by atoms with Gasteiger partial charge in [0.1, 0.15) is 6.29 Å². The zero-order chi connectivity index (χ0) is 11.2. The van der Waals surface area contributed by atoms with Gasteiger partial charge in [-0.1, -0.05) is 30.3 Å². The van der Waals surface area contributed by atoms with Crippen LogP contribution in [0.15, 0.2) is 42.9 Å². The molecule has 3 nitrogen and oxygen atoms in total. The molecule has 16 heavy (non-hydrogen) atoms. The van der Waals surface area contributed by atoms with Crippen molar-refractivity contribution in [1.82, 2.24) is 9.55 Å². The molecule has 0 saturated heterocycles. The summed E-state index contributed by atoms with van der Waals surface area (Å²) in [6.07, 6.45) is 6.09. The Balaban J connectivity index is 2.16. The summed E-state index contributed by atoms with van der Waals surface area (Å²) in [6, 6.07) is 10.1. The van der Waals surface area contributed by atoms with E-state index in [1.54, 1.807) is 0 Å². The third-order valence-electron chi connectivity index (χ3n) is 2.50. The molecule has 0 spiro atoms. The van der Waals surface area contributed by atoms with Crippen molar-refractivity contribution in [3.8, 4) is 11.3 Å². The minimum absolute atomic E-state index is 0.604. The van der Waals surface area contributed by atoms with Gasteiger partial charge in [0.05, 0.1) is 18.2 Å². The highest BCUT2D eigenvalue weighted by Crippen LogP contribution is 2.18. The number of imidazole rings is 1. The van der Waals surface area contributed by atoms with Crippen LogP contribution in [0.25, 0.3) is 11.3 Å². The zero-order valence-corrected chi connectivity index (χ0v) is 9.04. The Bertz CT molecular complexity index is 448. The monoisotopic (exact) mass is 214 g/mol. The maximum absolute atomic E-state index is 10.3. The maximum Gasteiger partial charge on any atom is 0.120 e. The molecule has 0 N–H and O–H groups in total. The number of aromatic nitrogens is 2. The highest BCUT2D eigenvalue weighted by atomic mass is 16.1. The Labute approximate surface area is 94.7 Å². The average molecular weight is 214 g/mol. The summed E-state index contributed by atoms with van der Waals surface area (Å²) in [5, 5.41) is 0. The smallest absolute Gasteiger partial charge is 0.120 e. The van der Waals surface area contributed by atoms with Gasteiger partial charge in [-0.3, -0.25) is 0 Å². The number of carbonyl (C=O) groups excluding carboxylic acids is 1. The van der Waals surface area contributed by atoms with E-state index in [1.165, 1.54) is 0 Å². The number of aryl methyl sites for hydroxylation is 1. The molecule has 0 radical (unpaired) electrons. The van der Waals surface area contributed by atoms with E-state index in [9.17, 15) is 4.79 Å². The Morgan fingerprint density at radius 1 is 1.25 bits per heavy atom. The molecular weight excluding hydrogens is 200 g/mol. The number of hydrogen-bond donors (Lipinski definition) is 0. The molecule has 0 saturated carbocycles. The van der Waals surface area contributed by atoms with E-state index in [4.69, 9.17) is 0 Å². The summed E-state index contributed by atoms with van der Waals surface area (Å²) in [5.74, 6) is 0. The number of rotatable bonds is 5. The van der Waals surface area contributed by atoms with Crippen LogP contribution in [0, 0.1) is 0 Å². The van der Waals surface area contributed by atoms with Crippen molar-refractivity contribution in [1.29, 1.82) is 0 Å². The van der Waals surface area contributed by atoms with Crippen LogP contribution in [-0.2, 0) is 11.3 Å². The number of nitrogens with zero attached hydrogens (tertiary/aromatic N) is 2. The average Bonchev–Trinajstić information content (AvgIpc) is 2.79. The number of hydrogen-bond acceptors (Lipinski definition) is 2. The van der Waals surface area contributed by atoms with E-state index in [1.807, 2.05) is 30.7 Å². The lowest BCUT2D eigenvalue weighted by molar-refractivity contribution is -0.107. The molecule has 0 aliphatic heterocycles. The van der Waals surface area contributed by atoms with Gasteiger partial charge in [-0.15, -0.1) is 0 Å². The molecule has 0 bridgehead atoms. The number of carbonyl (C=O) groups is 1. The van der Waals surface area contributed by atoms with Gasteiger partial charge < -0.3 is 9.36 Å². The van der Waals surface area contributed by atoms with Gasteiger partial charge in [-0.2, -0.15) is 0 Å². The van der Waals surface area contributed by atoms with Crippen LogP contribution in [-0.4, -0.2) is 15.8 Å². The van der Waals surface area contributed by atoms with Gasteiger partial charge in [0.15, 0.2) is 0 Å². The standard InChI is InChI=1S/C13H14N2O/c16-9-5-4-8-15-11-14-10-13(15)12-6-2-1-3-7-12/h1-3,6-7,9-11H,4-5,8H2. The predicted molar refractivity (Wildman–Crippen MR) is 63.0 cm³/mol. The lowest BCUT2D eigenvalue weighted by Gasteiger charge is -2.06. The van der Waals surface area contributed by atoms with Gasteiger partial charge in [0.25, 0.3) is 0 Å². The van der Waals surface area contributed by atoms with Crippen LogP contribution in [0.4, 0.5) is 0 Å². The lowest BCUT2D eigenvalue weighted by Crippen LogP contribution is -1.98. The van der Waals surface area contributed by atoms with Crippen molar-refractivity contribution < 1.29 is 4.79 Å². The summed E-state index contributed by atoms with van der Waals surface area (Å²) in [5.41, 5.74) is 2.26. The van der Waals surface area contributed by atoms with E-state index < -0.39 is 0 Å². The van der Waals surface area contributed by atoms with E-state index in [-0.39, 0.29) is 0 Å². The Kier molecular flexibility index (Phi) is 3.49. The molecule has 0 unspecified atom stereocenters. The fourth-order valence-electron chi connectivity index (χ4n) is 1.69. The fraction of sp³-hybridized carbons (Fsp3) is 0.231. The molecule has 2 rings (SSSR count). The Hall–Kier alpha value is -1.90. The summed E-state index contributed by atoms with van der Waals surface area (Å²) in [7, 11) is 0. The number of aldehydes is 1. The first kappa shape index (κ1) is 10.6. The Morgan fingerprint density at radius 3 is 2.81 bits per heavy atom. The third kappa shape index (κ3) is 2.37. The highest BCUT2D eigenvalue weighted by molar-refractivity contribution is 5.58. The maximum atomic E-state index is 10.3. The van der Waals surface area contributed by atoms with Crippen LogP contribution in [0.2, 0.25) is 0 Å². The van der Waals surface area contributed by atoms with Crippen molar-refractivity contribution in [3.05, 3.63) is 42.9 Å². The minimum atomic E-state index is 0.604. The fourth-order valence-corrected chi connectivity index (χ4v) is 1.69. The molecule has 0 aliphatic carbocycles. The van der Waals surface area contributed by atoms with Crippen LogP contribution in [0.3, 0.4) is 0 Å². The molecule has 1 heterocycles. The second kappa shape index (κ2) is 5.26. The SMILES string of the molecule is O=CCCCn1cncc1-c1ccccc1. The van der Waals surface area contributed by atoms with Crippen molar-refractivity contribution in [2.75, 3.05) is 0 Å². The highest BCUT2D eigenvalue weighted by Gasteiger charge is 2.03. The second-order valence-electron chi connectivity index (χ2n) is 3.65. The summed E-state index contributed by atoms with van der Waals surface area (Å²) >= 11 is 0. The molecule has 0 fully saturated rings. The molecule has 82 valence electrons. The third-order valence-corrected chi connectivity index (χ3v) is 2.50. The summed E-state index contributed by atoms with van der Waals surface area (Å²) in [4.78, 5) is 14.4. The van der Waals surface area contributed by atoms with Gasteiger partial charge in [-0.05, 0) is 12.0 Å². The van der Waals surface area contributed by atoms with Gasteiger partial charge >= 0.3 is 0 Å².